The number of rotatable bonds is 5. The van der Waals surface area contributed by atoms with Gasteiger partial charge in [-0.2, -0.15) is 13.2 Å². The van der Waals surface area contributed by atoms with Gasteiger partial charge >= 0.3 is 6.18 Å². The van der Waals surface area contributed by atoms with Crippen LogP contribution in [0.1, 0.15) is 63.0 Å². The van der Waals surface area contributed by atoms with Crippen molar-refractivity contribution in [2.24, 2.45) is 16.8 Å². The summed E-state index contributed by atoms with van der Waals surface area (Å²) in [5.41, 5.74) is 1.18. The van der Waals surface area contributed by atoms with E-state index in [1.807, 2.05) is 4.90 Å². The topological polar surface area (TPSA) is 35.9 Å². The van der Waals surface area contributed by atoms with Gasteiger partial charge in [-0.3, -0.25) is 9.79 Å². The zero-order valence-electron chi connectivity index (χ0n) is 19.7. The minimum Gasteiger partial charge on any atom is -0.345 e. The number of hydrogen-bond donors (Lipinski definition) is 0. The van der Waals surface area contributed by atoms with E-state index in [9.17, 15) is 18.0 Å². The first-order valence-electron chi connectivity index (χ1n) is 12.1. The Labute approximate surface area is 194 Å². The second kappa shape index (κ2) is 9.51. The number of carbonyl (C=O) groups excluding carboxylic acids is 1. The molecule has 180 valence electrons. The Bertz CT molecular complexity index is 925. The summed E-state index contributed by atoms with van der Waals surface area (Å²) in [4.78, 5) is 22.1. The van der Waals surface area contributed by atoms with Crippen LogP contribution in [0.15, 0.2) is 40.9 Å². The Morgan fingerprint density at radius 2 is 1.85 bits per heavy atom. The number of alkyl halides is 3. The van der Waals surface area contributed by atoms with E-state index >= 15 is 0 Å². The smallest absolute Gasteiger partial charge is 0.345 e. The van der Waals surface area contributed by atoms with Gasteiger partial charge in [-0.1, -0.05) is 37.1 Å². The molecule has 0 bridgehead atoms. The molecule has 0 spiro atoms. The van der Waals surface area contributed by atoms with Crippen molar-refractivity contribution in [3.8, 4) is 0 Å². The van der Waals surface area contributed by atoms with Gasteiger partial charge in [0.15, 0.2) is 0 Å². The maximum absolute atomic E-state index is 13.6. The molecule has 1 aromatic rings. The molecule has 1 aliphatic carbocycles. The molecule has 2 fully saturated rings. The molecule has 3 atom stereocenters. The Kier molecular flexibility index (Phi) is 6.87. The van der Waals surface area contributed by atoms with E-state index < -0.39 is 11.7 Å². The molecule has 0 N–H and O–H groups in total. The van der Waals surface area contributed by atoms with E-state index in [0.29, 0.717) is 31.5 Å². The lowest BCUT2D eigenvalue weighted by molar-refractivity contribution is -0.138. The van der Waals surface area contributed by atoms with Crippen LogP contribution in [-0.4, -0.2) is 54.3 Å². The summed E-state index contributed by atoms with van der Waals surface area (Å²) in [6.07, 6.45) is 1.78. The predicted molar refractivity (Wildman–Crippen MR) is 124 cm³/mol. The number of carbonyl (C=O) groups is 1. The summed E-state index contributed by atoms with van der Waals surface area (Å²) in [7, 11) is 1.77. The number of benzene rings is 1. The fourth-order valence-electron chi connectivity index (χ4n) is 6.04. The van der Waals surface area contributed by atoms with Crippen molar-refractivity contribution in [1.82, 2.24) is 9.80 Å². The number of amides is 1. The molecule has 1 saturated heterocycles. The van der Waals surface area contributed by atoms with Gasteiger partial charge in [-0.05, 0) is 68.1 Å². The van der Waals surface area contributed by atoms with Crippen LogP contribution in [0.4, 0.5) is 13.2 Å². The summed E-state index contributed by atoms with van der Waals surface area (Å²) in [5.74, 6) is 1.47. The Balaban J connectivity index is 1.46. The van der Waals surface area contributed by atoms with E-state index in [1.165, 1.54) is 17.7 Å². The Hall–Kier alpha value is -2.31. The monoisotopic (exact) mass is 461 g/mol. The first-order chi connectivity index (χ1) is 15.7. The zero-order valence-corrected chi connectivity index (χ0v) is 19.7. The Morgan fingerprint density at radius 3 is 2.45 bits per heavy atom. The summed E-state index contributed by atoms with van der Waals surface area (Å²) in [6.45, 7) is 6.28. The lowest BCUT2D eigenvalue weighted by atomic mass is 9.91. The number of fused-ring (bicyclic) bond motifs is 1. The third-order valence-corrected chi connectivity index (χ3v) is 7.64. The van der Waals surface area contributed by atoms with Crippen molar-refractivity contribution in [3.05, 3.63) is 47.0 Å². The van der Waals surface area contributed by atoms with E-state index in [0.717, 1.165) is 31.6 Å². The number of hydrogen-bond acceptors (Lipinski definition) is 2. The standard InChI is InChI=1S/C26H34F3N3O/c1-4-7-23(32-11-10-17(2)12-24(32)30-3)25(33)31-15-19-13-18(14-20(19)16-31)21-8-5-6-9-22(21)26(27,28)29/h5-6,8-9,12,18-20,23H,4,7,10-11,13-16H2,1-3H3. The third kappa shape index (κ3) is 4.82. The van der Waals surface area contributed by atoms with Crippen LogP contribution in [-0.2, 0) is 11.0 Å². The fourth-order valence-corrected chi connectivity index (χ4v) is 6.04. The van der Waals surface area contributed by atoms with Crippen molar-refractivity contribution in [2.75, 3.05) is 26.7 Å². The molecule has 2 aliphatic heterocycles. The molecule has 7 heteroatoms. The van der Waals surface area contributed by atoms with Crippen LogP contribution in [0, 0.1) is 11.8 Å². The summed E-state index contributed by atoms with van der Waals surface area (Å²) >= 11 is 0. The third-order valence-electron chi connectivity index (χ3n) is 7.64. The Morgan fingerprint density at radius 1 is 1.18 bits per heavy atom. The van der Waals surface area contributed by atoms with E-state index in [1.54, 1.807) is 19.2 Å². The van der Waals surface area contributed by atoms with Crippen molar-refractivity contribution in [2.45, 2.75) is 64.1 Å². The highest BCUT2D eigenvalue weighted by Gasteiger charge is 2.46. The van der Waals surface area contributed by atoms with Gasteiger partial charge in [-0.25, -0.2) is 0 Å². The number of halogens is 3. The summed E-state index contributed by atoms with van der Waals surface area (Å²) in [5, 5.41) is 0. The molecular formula is C26H34F3N3O. The highest BCUT2D eigenvalue weighted by molar-refractivity contribution is 5.97. The van der Waals surface area contributed by atoms with Crippen LogP contribution in [0.25, 0.3) is 0 Å². The molecule has 0 aromatic heterocycles. The molecule has 3 aliphatic rings. The maximum Gasteiger partial charge on any atom is 0.416 e. The summed E-state index contributed by atoms with van der Waals surface area (Å²) < 4.78 is 40.5. The molecule has 3 unspecified atom stereocenters. The van der Waals surface area contributed by atoms with Crippen LogP contribution in [0.3, 0.4) is 0 Å². The highest BCUT2D eigenvalue weighted by atomic mass is 19.4. The second-order valence-electron chi connectivity index (χ2n) is 9.84. The normalized spacial score (nSPS) is 27.6. The van der Waals surface area contributed by atoms with Crippen LogP contribution in [0.2, 0.25) is 0 Å². The maximum atomic E-state index is 13.6. The van der Waals surface area contributed by atoms with Gasteiger partial charge < -0.3 is 9.80 Å². The van der Waals surface area contributed by atoms with Gasteiger partial charge in [-0.15, -0.1) is 0 Å². The van der Waals surface area contributed by atoms with Crippen molar-refractivity contribution in [3.63, 3.8) is 0 Å². The van der Waals surface area contributed by atoms with Crippen molar-refractivity contribution < 1.29 is 18.0 Å². The molecule has 1 saturated carbocycles. The highest BCUT2D eigenvalue weighted by Crippen LogP contribution is 2.49. The van der Waals surface area contributed by atoms with Crippen LogP contribution in [0.5, 0.6) is 0 Å². The lowest BCUT2D eigenvalue weighted by Crippen LogP contribution is -2.51. The van der Waals surface area contributed by atoms with Gasteiger partial charge in [0.1, 0.15) is 11.9 Å². The van der Waals surface area contributed by atoms with Crippen molar-refractivity contribution in [1.29, 1.82) is 0 Å². The van der Waals surface area contributed by atoms with E-state index in [2.05, 4.69) is 29.8 Å². The van der Waals surface area contributed by atoms with Crippen LogP contribution >= 0.6 is 0 Å². The largest absolute Gasteiger partial charge is 0.416 e. The number of nitrogens with zero attached hydrogens (tertiary/aromatic N) is 3. The van der Waals surface area contributed by atoms with Gasteiger partial charge in [0.05, 0.1) is 5.56 Å². The second-order valence-corrected chi connectivity index (χ2v) is 9.84. The van der Waals surface area contributed by atoms with E-state index in [4.69, 9.17) is 0 Å². The fraction of sp³-hybridized carbons (Fsp3) is 0.615. The minimum absolute atomic E-state index is 0.0875. The minimum atomic E-state index is -4.33. The predicted octanol–water partition coefficient (Wildman–Crippen LogP) is 5.51. The number of amidine groups is 1. The molecule has 4 rings (SSSR count). The zero-order chi connectivity index (χ0) is 23.8. The first kappa shape index (κ1) is 23.8. The quantitative estimate of drug-likeness (QED) is 0.580. The summed E-state index contributed by atoms with van der Waals surface area (Å²) in [6, 6.07) is 5.76. The average molecular weight is 462 g/mol. The van der Waals surface area contributed by atoms with Gasteiger partial charge in [0.25, 0.3) is 0 Å². The van der Waals surface area contributed by atoms with Gasteiger partial charge in [0.2, 0.25) is 5.91 Å². The molecule has 2 heterocycles. The van der Waals surface area contributed by atoms with Gasteiger partial charge in [0, 0.05) is 26.7 Å². The molecule has 1 amide bonds. The van der Waals surface area contributed by atoms with Crippen LogP contribution < -0.4 is 0 Å². The average Bonchev–Trinajstić information content (AvgIpc) is 3.36. The SMILES string of the molecule is CCCC(C(=O)N1CC2CC(c3ccccc3C(F)(F)F)CC2C1)N1CCC(C)=CC1=NC. The van der Waals surface area contributed by atoms with E-state index in [-0.39, 0.29) is 29.7 Å². The number of likely N-dealkylation sites (tertiary alicyclic amines) is 1. The number of aliphatic imine (C=N–C) groups is 1. The molecular weight excluding hydrogens is 427 g/mol. The molecule has 33 heavy (non-hydrogen) atoms. The molecule has 0 radical (unpaired) electrons. The van der Waals surface area contributed by atoms with Crippen molar-refractivity contribution >= 4 is 11.7 Å². The lowest BCUT2D eigenvalue weighted by Gasteiger charge is -2.37. The first-order valence-corrected chi connectivity index (χ1v) is 12.1. The molecule has 1 aromatic carbocycles. The molecule has 4 nitrogen and oxygen atoms in total.